The second kappa shape index (κ2) is 10.2. The summed E-state index contributed by atoms with van der Waals surface area (Å²) in [5.41, 5.74) is 2.54. The smallest absolute Gasteiger partial charge is 0.220 e. The van der Waals surface area contributed by atoms with Crippen LogP contribution in [0, 0.1) is 0 Å². The number of pyridine rings is 1. The molecule has 5 nitrogen and oxygen atoms in total. The van der Waals surface area contributed by atoms with E-state index >= 15 is 0 Å². The maximum absolute atomic E-state index is 12.0. The van der Waals surface area contributed by atoms with Gasteiger partial charge in [0.15, 0.2) is 0 Å². The summed E-state index contributed by atoms with van der Waals surface area (Å²) in [6.45, 7) is 4.98. The van der Waals surface area contributed by atoms with E-state index in [1.165, 1.54) is 5.56 Å². The molecule has 0 saturated carbocycles. The third-order valence-corrected chi connectivity index (χ3v) is 5.21. The van der Waals surface area contributed by atoms with Gasteiger partial charge < -0.3 is 10.2 Å². The van der Waals surface area contributed by atoms with Crippen molar-refractivity contribution < 1.29 is 4.79 Å². The largest absolute Gasteiger partial charge is 0.356 e. The number of carbonyl (C=O) groups is 1. The van der Waals surface area contributed by atoms with Crippen molar-refractivity contribution in [2.45, 2.75) is 25.3 Å². The van der Waals surface area contributed by atoms with Crippen molar-refractivity contribution in [1.29, 1.82) is 0 Å². The average molecular weight is 367 g/mol. The average Bonchev–Trinajstić information content (AvgIpc) is 2.72. The van der Waals surface area contributed by atoms with E-state index in [0.717, 1.165) is 51.1 Å². The molecule has 1 fully saturated rings. The van der Waals surface area contributed by atoms with E-state index in [2.05, 4.69) is 57.5 Å². The molecule has 1 N–H and O–H groups in total. The second-order valence-corrected chi connectivity index (χ2v) is 7.28. The SMILES string of the molecule is CN1CCN(CCCNC(=O)CCc2ccncc2)[C@H](c2ccccc2)C1. The van der Waals surface area contributed by atoms with Crippen molar-refractivity contribution in [3.05, 3.63) is 66.0 Å². The molecule has 0 radical (unpaired) electrons. The van der Waals surface area contributed by atoms with Crippen LogP contribution in [0.3, 0.4) is 0 Å². The molecule has 0 bridgehead atoms. The number of piperazine rings is 1. The summed E-state index contributed by atoms with van der Waals surface area (Å²) >= 11 is 0. The predicted molar refractivity (Wildman–Crippen MR) is 108 cm³/mol. The quantitative estimate of drug-likeness (QED) is 0.730. The third-order valence-electron chi connectivity index (χ3n) is 5.21. The van der Waals surface area contributed by atoms with Crippen LogP contribution in [-0.2, 0) is 11.2 Å². The van der Waals surface area contributed by atoms with E-state index in [0.29, 0.717) is 12.5 Å². The first-order valence-corrected chi connectivity index (χ1v) is 9.85. The predicted octanol–water partition coefficient (Wildman–Crippen LogP) is 2.51. The number of aryl methyl sites for hydroxylation is 1. The molecule has 1 saturated heterocycles. The lowest BCUT2D eigenvalue weighted by Gasteiger charge is -2.40. The third kappa shape index (κ3) is 6.15. The zero-order chi connectivity index (χ0) is 18.9. The number of hydrogen-bond acceptors (Lipinski definition) is 4. The first kappa shape index (κ1) is 19.5. The van der Waals surface area contributed by atoms with Gasteiger partial charge in [0, 0.05) is 57.6 Å². The lowest BCUT2D eigenvalue weighted by Crippen LogP contribution is -2.47. The molecule has 144 valence electrons. The Balaban J connectivity index is 1.40. The van der Waals surface area contributed by atoms with Crippen molar-refractivity contribution in [1.82, 2.24) is 20.1 Å². The van der Waals surface area contributed by atoms with Crippen LogP contribution in [-0.4, -0.2) is 60.5 Å². The lowest BCUT2D eigenvalue weighted by molar-refractivity contribution is -0.121. The molecule has 0 aliphatic carbocycles. The molecule has 0 unspecified atom stereocenters. The van der Waals surface area contributed by atoms with Gasteiger partial charge in [-0.3, -0.25) is 14.7 Å². The van der Waals surface area contributed by atoms with E-state index < -0.39 is 0 Å². The number of rotatable bonds is 8. The fraction of sp³-hybridized carbons (Fsp3) is 0.455. The molecule has 0 spiro atoms. The van der Waals surface area contributed by atoms with Crippen LogP contribution in [0.5, 0.6) is 0 Å². The molecule has 1 aromatic carbocycles. The second-order valence-electron chi connectivity index (χ2n) is 7.28. The number of benzene rings is 1. The highest BCUT2D eigenvalue weighted by Crippen LogP contribution is 2.24. The van der Waals surface area contributed by atoms with Gasteiger partial charge in [0.05, 0.1) is 0 Å². The van der Waals surface area contributed by atoms with Gasteiger partial charge in [0.25, 0.3) is 0 Å². The first-order valence-electron chi connectivity index (χ1n) is 9.85. The lowest BCUT2D eigenvalue weighted by atomic mass is 10.0. The molecule has 5 heteroatoms. The minimum absolute atomic E-state index is 0.129. The first-order chi connectivity index (χ1) is 13.2. The molecule has 1 atom stereocenters. The fourth-order valence-corrected chi connectivity index (χ4v) is 3.62. The van der Waals surface area contributed by atoms with Crippen LogP contribution < -0.4 is 5.32 Å². The van der Waals surface area contributed by atoms with E-state index in [-0.39, 0.29) is 5.91 Å². The Bertz CT molecular complexity index is 692. The van der Waals surface area contributed by atoms with Crippen LogP contribution in [0.1, 0.15) is 30.0 Å². The van der Waals surface area contributed by atoms with Crippen molar-refractivity contribution in [3.63, 3.8) is 0 Å². The van der Waals surface area contributed by atoms with Gasteiger partial charge in [-0.25, -0.2) is 0 Å². The van der Waals surface area contributed by atoms with Crippen molar-refractivity contribution in [2.75, 3.05) is 39.8 Å². The van der Waals surface area contributed by atoms with Crippen molar-refractivity contribution in [2.24, 2.45) is 0 Å². The standard InChI is InChI=1S/C22H30N4O/c1-25-16-17-26(21(18-25)20-6-3-2-4-7-20)15-5-12-24-22(27)9-8-19-10-13-23-14-11-19/h2-4,6-7,10-11,13-14,21H,5,8-9,12,15-18H2,1H3,(H,24,27)/t21-/m0/s1. The van der Waals surface area contributed by atoms with Crippen LogP contribution >= 0.6 is 0 Å². The normalized spacial score (nSPS) is 18.3. The topological polar surface area (TPSA) is 48.5 Å². The summed E-state index contributed by atoms with van der Waals surface area (Å²) in [7, 11) is 2.19. The maximum atomic E-state index is 12.0. The maximum Gasteiger partial charge on any atom is 0.220 e. The molecule has 1 aliphatic heterocycles. The van der Waals surface area contributed by atoms with Gasteiger partial charge in [-0.1, -0.05) is 30.3 Å². The summed E-state index contributed by atoms with van der Waals surface area (Å²) in [5, 5.41) is 3.06. The zero-order valence-corrected chi connectivity index (χ0v) is 16.2. The summed E-state index contributed by atoms with van der Waals surface area (Å²) in [6, 6.07) is 15.1. The van der Waals surface area contributed by atoms with E-state index in [1.807, 2.05) is 12.1 Å². The van der Waals surface area contributed by atoms with Crippen molar-refractivity contribution >= 4 is 5.91 Å². The fourth-order valence-electron chi connectivity index (χ4n) is 3.62. The Morgan fingerprint density at radius 1 is 1.15 bits per heavy atom. The minimum atomic E-state index is 0.129. The van der Waals surface area contributed by atoms with Gasteiger partial charge in [-0.2, -0.15) is 0 Å². The van der Waals surface area contributed by atoms with Crippen LogP contribution in [0.25, 0.3) is 0 Å². The molecule has 27 heavy (non-hydrogen) atoms. The number of hydrogen-bond donors (Lipinski definition) is 1. The highest BCUT2D eigenvalue weighted by Gasteiger charge is 2.25. The molecule has 1 aromatic heterocycles. The minimum Gasteiger partial charge on any atom is -0.356 e. The molecular formula is C22H30N4O. The Morgan fingerprint density at radius 2 is 1.93 bits per heavy atom. The number of nitrogens with one attached hydrogen (secondary N) is 1. The summed E-state index contributed by atoms with van der Waals surface area (Å²) in [5.74, 6) is 0.129. The zero-order valence-electron chi connectivity index (χ0n) is 16.2. The molecule has 1 amide bonds. The summed E-state index contributed by atoms with van der Waals surface area (Å²) < 4.78 is 0. The number of aromatic nitrogens is 1. The highest BCUT2D eigenvalue weighted by atomic mass is 16.1. The number of nitrogens with zero attached hydrogens (tertiary/aromatic N) is 3. The van der Waals surface area contributed by atoms with Gasteiger partial charge in [0.2, 0.25) is 5.91 Å². The summed E-state index contributed by atoms with van der Waals surface area (Å²) in [6.07, 6.45) is 5.82. The molecule has 3 rings (SSSR count). The Hall–Kier alpha value is -2.24. The molecule has 2 aromatic rings. The molecular weight excluding hydrogens is 336 g/mol. The molecule has 2 heterocycles. The van der Waals surface area contributed by atoms with Gasteiger partial charge in [-0.15, -0.1) is 0 Å². The summed E-state index contributed by atoms with van der Waals surface area (Å²) in [4.78, 5) is 21.0. The van der Waals surface area contributed by atoms with Crippen LogP contribution in [0.4, 0.5) is 0 Å². The van der Waals surface area contributed by atoms with E-state index in [1.54, 1.807) is 12.4 Å². The monoisotopic (exact) mass is 366 g/mol. The molecule has 1 aliphatic rings. The number of amides is 1. The Kier molecular flexibility index (Phi) is 7.36. The highest BCUT2D eigenvalue weighted by molar-refractivity contribution is 5.76. The van der Waals surface area contributed by atoms with Gasteiger partial charge in [-0.05, 0) is 43.1 Å². The van der Waals surface area contributed by atoms with E-state index in [9.17, 15) is 4.79 Å². The van der Waals surface area contributed by atoms with Gasteiger partial charge in [0.1, 0.15) is 0 Å². The van der Waals surface area contributed by atoms with Gasteiger partial charge >= 0.3 is 0 Å². The van der Waals surface area contributed by atoms with Crippen molar-refractivity contribution in [3.8, 4) is 0 Å². The van der Waals surface area contributed by atoms with Crippen LogP contribution in [0.2, 0.25) is 0 Å². The number of carbonyl (C=O) groups excluding carboxylic acids is 1. The Morgan fingerprint density at radius 3 is 2.70 bits per heavy atom. The Labute approximate surface area is 162 Å². The number of likely N-dealkylation sites (N-methyl/N-ethyl adjacent to an activating group) is 1. The van der Waals surface area contributed by atoms with E-state index in [4.69, 9.17) is 0 Å². The van der Waals surface area contributed by atoms with Crippen LogP contribution in [0.15, 0.2) is 54.9 Å².